The highest BCUT2D eigenvalue weighted by Crippen LogP contribution is 2.30. The Morgan fingerprint density at radius 3 is 1.64 bits per heavy atom. The minimum Gasteiger partial charge on any atom is -0.399 e. The molecule has 0 atom stereocenters. The highest BCUT2D eigenvalue weighted by molar-refractivity contribution is 7.91. The van der Waals surface area contributed by atoms with Gasteiger partial charge in [0, 0.05) is 28.1 Å². The van der Waals surface area contributed by atoms with Gasteiger partial charge in [-0.15, -0.1) is 0 Å². The zero-order chi connectivity index (χ0) is 23.6. The second kappa shape index (κ2) is 8.72. The molecule has 4 rings (SSSR count). The van der Waals surface area contributed by atoms with Crippen molar-refractivity contribution in [1.29, 1.82) is 0 Å². The summed E-state index contributed by atoms with van der Waals surface area (Å²) < 4.78 is 27.0. The van der Waals surface area contributed by atoms with Gasteiger partial charge in [-0.2, -0.15) is 0 Å². The van der Waals surface area contributed by atoms with Crippen LogP contribution in [0.15, 0.2) is 107 Å². The Morgan fingerprint density at radius 2 is 1.09 bits per heavy atom. The van der Waals surface area contributed by atoms with E-state index >= 15 is 0 Å². The first-order chi connectivity index (χ1) is 15.8. The lowest BCUT2D eigenvalue weighted by Crippen LogP contribution is -2.17. The third-order valence-corrected chi connectivity index (χ3v) is 7.00. The van der Waals surface area contributed by atoms with Crippen LogP contribution in [0.2, 0.25) is 0 Å². The number of nitrogens with two attached hydrogens (primary N) is 2. The lowest BCUT2D eigenvalue weighted by Gasteiger charge is -2.15. The highest BCUT2D eigenvalue weighted by atomic mass is 32.2. The summed E-state index contributed by atoms with van der Waals surface area (Å²) in [4.78, 5) is 26.7. The van der Waals surface area contributed by atoms with E-state index in [0.717, 1.165) is 0 Å². The molecule has 0 aliphatic rings. The van der Waals surface area contributed by atoms with Crippen molar-refractivity contribution in [3.05, 3.63) is 119 Å². The van der Waals surface area contributed by atoms with E-state index in [0.29, 0.717) is 11.4 Å². The molecule has 0 radical (unpaired) electrons. The van der Waals surface area contributed by atoms with Crippen LogP contribution < -0.4 is 11.5 Å². The third kappa shape index (κ3) is 4.26. The molecule has 0 amide bonds. The fraction of sp³-hybridized carbons (Fsp3) is 0. The molecule has 4 N–H and O–H groups in total. The molecule has 0 saturated heterocycles. The van der Waals surface area contributed by atoms with Gasteiger partial charge in [0.2, 0.25) is 9.84 Å². The van der Waals surface area contributed by atoms with E-state index in [1.807, 2.05) is 0 Å². The number of nitrogen functional groups attached to an aromatic ring is 2. The summed E-state index contributed by atoms with van der Waals surface area (Å²) in [5, 5.41) is 0. The van der Waals surface area contributed by atoms with Gasteiger partial charge < -0.3 is 11.5 Å². The molecule has 4 aromatic carbocycles. The zero-order valence-electron chi connectivity index (χ0n) is 17.4. The van der Waals surface area contributed by atoms with Crippen LogP contribution in [0.4, 0.5) is 11.4 Å². The first kappa shape index (κ1) is 22.0. The summed E-state index contributed by atoms with van der Waals surface area (Å²) in [6, 6.07) is 24.3. The van der Waals surface area contributed by atoms with Crippen molar-refractivity contribution in [2.45, 2.75) is 9.79 Å². The number of carbonyl (C=O) groups is 2. The molecule has 0 saturated carbocycles. The predicted molar refractivity (Wildman–Crippen MR) is 127 cm³/mol. The van der Waals surface area contributed by atoms with Gasteiger partial charge in [-0.25, -0.2) is 8.42 Å². The lowest BCUT2D eigenvalue weighted by atomic mass is 9.93. The maximum atomic E-state index is 13.6. The molecule has 0 spiro atoms. The first-order valence-corrected chi connectivity index (χ1v) is 11.5. The number of sulfone groups is 1. The number of rotatable bonds is 6. The molecular weight excluding hydrogens is 436 g/mol. The third-order valence-electron chi connectivity index (χ3n) is 5.19. The van der Waals surface area contributed by atoms with Crippen molar-refractivity contribution in [3.8, 4) is 0 Å². The molecule has 164 valence electrons. The molecule has 0 aliphatic carbocycles. The van der Waals surface area contributed by atoms with E-state index in [1.165, 1.54) is 54.6 Å². The molecule has 0 unspecified atom stereocenters. The fourth-order valence-corrected chi connectivity index (χ4v) is 4.97. The molecule has 0 aromatic heterocycles. The number of hydrogen-bond acceptors (Lipinski definition) is 6. The highest BCUT2D eigenvalue weighted by Gasteiger charge is 2.30. The Labute approximate surface area is 191 Å². The van der Waals surface area contributed by atoms with Gasteiger partial charge in [0.15, 0.2) is 11.6 Å². The zero-order valence-corrected chi connectivity index (χ0v) is 18.3. The molecule has 7 heteroatoms. The molecule has 33 heavy (non-hydrogen) atoms. The molecule has 0 aliphatic heterocycles. The van der Waals surface area contributed by atoms with E-state index in [9.17, 15) is 18.0 Å². The average Bonchev–Trinajstić information content (AvgIpc) is 2.84. The second-order valence-corrected chi connectivity index (χ2v) is 9.32. The normalized spacial score (nSPS) is 11.2. The topological polar surface area (TPSA) is 120 Å². The number of ketones is 2. The number of anilines is 2. The van der Waals surface area contributed by atoms with Crippen molar-refractivity contribution in [2.24, 2.45) is 0 Å². The Balaban J connectivity index is 1.97. The monoisotopic (exact) mass is 456 g/mol. The SMILES string of the molecule is Nc1ccc(C(=O)c2cccc(S(=O)(=O)c3ccccc3)c2C(=O)c2ccc(N)cc2)cc1. The average molecular weight is 457 g/mol. The summed E-state index contributed by atoms with van der Waals surface area (Å²) in [6.07, 6.45) is 0. The molecular formula is C26H20N2O4S. The second-order valence-electron chi connectivity index (χ2n) is 7.40. The smallest absolute Gasteiger partial charge is 0.207 e. The van der Waals surface area contributed by atoms with Crippen molar-refractivity contribution in [2.75, 3.05) is 11.5 Å². The fourth-order valence-electron chi connectivity index (χ4n) is 3.47. The van der Waals surface area contributed by atoms with Crippen LogP contribution in [-0.2, 0) is 9.84 Å². The largest absolute Gasteiger partial charge is 0.399 e. The van der Waals surface area contributed by atoms with Gasteiger partial charge in [0.05, 0.1) is 15.4 Å². The molecule has 0 bridgehead atoms. The van der Waals surface area contributed by atoms with E-state index in [1.54, 1.807) is 42.5 Å². The van der Waals surface area contributed by atoms with Crippen LogP contribution in [0.25, 0.3) is 0 Å². The summed E-state index contributed by atoms with van der Waals surface area (Å²) in [5.74, 6) is -1.08. The van der Waals surface area contributed by atoms with Gasteiger partial charge in [0.25, 0.3) is 0 Å². The Bertz CT molecular complexity index is 1440. The van der Waals surface area contributed by atoms with Crippen molar-refractivity contribution >= 4 is 32.8 Å². The standard InChI is InChI=1S/C26H20N2O4S/c27-19-13-9-17(10-14-19)25(29)22-7-4-8-23(33(31,32)21-5-2-1-3-6-21)24(22)26(30)18-11-15-20(28)16-12-18/h1-16H,27-28H2. The molecule has 4 aromatic rings. The maximum absolute atomic E-state index is 13.6. The van der Waals surface area contributed by atoms with Crippen molar-refractivity contribution < 1.29 is 18.0 Å². The predicted octanol–water partition coefficient (Wildman–Crippen LogP) is 4.15. The van der Waals surface area contributed by atoms with Gasteiger partial charge in [-0.1, -0.05) is 30.3 Å². The minimum atomic E-state index is -4.09. The summed E-state index contributed by atoms with van der Waals surface area (Å²) >= 11 is 0. The van der Waals surface area contributed by atoms with Crippen LogP contribution in [0, 0.1) is 0 Å². The van der Waals surface area contributed by atoms with E-state index in [-0.39, 0.29) is 32.0 Å². The quantitative estimate of drug-likeness (QED) is 0.332. The molecule has 0 fully saturated rings. The van der Waals surface area contributed by atoms with Crippen LogP contribution in [0.3, 0.4) is 0 Å². The van der Waals surface area contributed by atoms with Gasteiger partial charge >= 0.3 is 0 Å². The van der Waals surface area contributed by atoms with Crippen LogP contribution >= 0.6 is 0 Å². The van der Waals surface area contributed by atoms with Gasteiger partial charge in [-0.05, 0) is 66.7 Å². The molecule has 0 heterocycles. The minimum absolute atomic E-state index is 0.0152. The summed E-state index contributed by atoms with van der Waals surface area (Å²) in [5.41, 5.74) is 12.7. The van der Waals surface area contributed by atoms with Crippen LogP contribution in [-0.4, -0.2) is 20.0 Å². The first-order valence-electron chi connectivity index (χ1n) is 10.0. The van der Waals surface area contributed by atoms with E-state index < -0.39 is 21.4 Å². The van der Waals surface area contributed by atoms with Crippen LogP contribution in [0.1, 0.15) is 31.8 Å². The van der Waals surface area contributed by atoms with Crippen molar-refractivity contribution in [3.63, 3.8) is 0 Å². The van der Waals surface area contributed by atoms with Gasteiger partial charge in [-0.3, -0.25) is 9.59 Å². The number of carbonyl (C=O) groups excluding carboxylic acids is 2. The Hall–Kier alpha value is -4.23. The number of benzene rings is 4. The Kier molecular flexibility index (Phi) is 5.81. The number of hydrogen-bond donors (Lipinski definition) is 2. The van der Waals surface area contributed by atoms with Gasteiger partial charge in [0.1, 0.15) is 0 Å². The van der Waals surface area contributed by atoms with Crippen LogP contribution in [0.5, 0.6) is 0 Å². The summed E-state index contributed by atoms with van der Waals surface area (Å²) in [6.45, 7) is 0. The van der Waals surface area contributed by atoms with E-state index in [4.69, 9.17) is 11.5 Å². The Morgan fingerprint density at radius 1 is 0.576 bits per heavy atom. The van der Waals surface area contributed by atoms with Crippen molar-refractivity contribution in [1.82, 2.24) is 0 Å². The lowest BCUT2D eigenvalue weighted by molar-refractivity contribution is 0.100. The summed E-state index contributed by atoms with van der Waals surface area (Å²) in [7, 11) is -4.09. The maximum Gasteiger partial charge on any atom is 0.207 e. The molecule has 6 nitrogen and oxygen atoms in total. The van der Waals surface area contributed by atoms with E-state index in [2.05, 4.69) is 0 Å².